The second-order valence-corrected chi connectivity index (χ2v) is 7.65. The Kier molecular flexibility index (Phi) is 5.44. The van der Waals surface area contributed by atoms with Crippen molar-refractivity contribution in [2.45, 2.75) is 25.8 Å². The summed E-state index contributed by atoms with van der Waals surface area (Å²) in [6, 6.07) is 15.5. The van der Waals surface area contributed by atoms with Crippen LogP contribution in [0.2, 0.25) is 0 Å². The summed E-state index contributed by atoms with van der Waals surface area (Å²) in [5.41, 5.74) is 3.97. The molecule has 28 heavy (non-hydrogen) atoms. The van der Waals surface area contributed by atoms with E-state index in [2.05, 4.69) is 24.4 Å². The van der Waals surface area contributed by atoms with Crippen molar-refractivity contribution in [3.8, 4) is 11.1 Å². The second kappa shape index (κ2) is 8.15. The van der Waals surface area contributed by atoms with Gasteiger partial charge in [0.25, 0.3) is 5.91 Å². The molecular weight excluding hydrogens is 350 g/mol. The maximum atomic E-state index is 13.3. The number of nitrogens with zero attached hydrogens (tertiary/aromatic N) is 2. The molecule has 2 aromatic rings. The Morgan fingerprint density at radius 3 is 2.57 bits per heavy atom. The van der Waals surface area contributed by atoms with E-state index in [4.69, 9.17) is 0 Å². The van der Waals surface area contributed by atoms with E-state index in [1.807, 2.05) is 41.3 Å². The Labute approximate surface area is 166 Å². The summed E-state index contributed by atoms with van der Waals surface area (Å²) in [5.74, 6) is 0.0163. The van der Waals surface area contributed by atoms with Gasteiger partial charge in [0.2, 0.25) is 5.91 Å². The fraction of sp³-hybridized carbons (Fsp3) is 0.391. The molecule has 2 heterocycles. The molecule has 4 rings (SSSR count). The van der Waals surface area contributed by atoms with Gasteiger partial charge in [0.05, 0.1) is 0 Å². The van der Waals surface area contributed by atoms with Crippen LogP contribution in [0.25, 0.3) is 11.1 Å². The molecule has 2 fully saturated rings. The van der Waals surface area contributed by atoms with Crippen molar-refractivity contribution in [3.05, 3.63) is 59.7 Å². The molecule has 2 saturated heterocycles. The fourth-order valence-corrected chi connectivity index (χ4v) is 4.20. The summed E-state index contributed by atoms with van der Waals surface area (Å²) in [4.78, 5) is 30.0. The zero-order valence-corrected chi connectivity index (χ0v) is 16.4. The van der Waals surface area contributed by atoms with E-state index in [1.54, 1.807) is 4.90 Å². The molecule has 0 aromatic heterocycles. The maximum absolute atomic E-state index is 13.3. The number of aryl methyl sites for hydroxylation is 1. The van der Waals surface area contributed by atoms with E-state index in [0.717, 1.165) is 37.1 Å². The van der Waals surface area contributed by atoms with Crippen molar-refractivity contribution in [1.29, 1.82) is 0 Å². The van der Waals surface area contributed by atoms with E-state index in [9.17, 15) is 9.59 Å². The van der Waals surface area contributed by atoms with Crippen molar-refractivity contribution in [2.75, 3.05) is 32.7 Å². The van der Waals surface area contributed by atoms with Gasteiger partial charge in [-0.3, -0.25) is 9.59 Å². The smallest absolute Gasteiger partial charge is 0.254 e. The van der Waals surface area contributed by atoms with Gasteiger partial charge in [0, 0.05) is 38.3 Å². The molecule has 0 saturated carbocycles. The van der Waals surface area contributed by atoms with Crippen molar-refractivity contribution < 1.29 is 9.59 Å². The summed E-state index contributed by atoms with van der Waals surface area (Å²) in [5, 5.41) is 3.28. The van der Waals surface area contributed by atoms with Gasteiger partial charge >= 0.3 is 0 Å². The fourth-order valence-electron chi connectivity index (χ4n) is 4.20. The molecular formula is C23H27N3O2. The van der Waals surface area contributed by atoms with Crippen molar-refractivity contribution in [2.24, 2.45) is 0 Å². The lowest BCUT2D eigenvalue weighted by atomic mass is 9.98. The number of amides is 2. The molecule has 2 amide bonds. The zero-order valence-electron chi connectivity index (χ0n) is 16.4. The molecule has 2 aliphatic heterocycles. The standard InChI is InChI=1S/C23H27N3O2/c1-17-7-2-3-10-20(17)18-8-6-9-19(15-18)22(27)26-14-11-24-16-21(26)23(28)25-12-4-5-13-25/h2-3,6-10,15,21,24H,4-5,11-14,16H2,1H3/t21-/m0/s1. The van der Waals surface area contributed by atoms with Crippen molar-refractivity contribution in [3.63, 3.8) is 0 Å². The third-order valence-corrected chi connectivity index (χ3v) is 5.77. The van der Waals surface area contributed by atoms with Crippen molar-refractivity contribution in [1.82, 2.24) is 15.1 Å². The van der Waals surface area contributed by atoms with Gasteiger partial charge in [0.15, 0.2) is 0 Å². The van der Waals surface area contributed by atoms with Gasteiger partial charge in [-0.05, 0) is 48.6 Å². The summed E-state index contributed by atoms with van der Waals surface area (Å²) in [6.07, 6.45) is 2.11. The maximum Gasteiger partial charge on any atom is 0.254 e. The lowest BCUT2D eigenvalue weighted by Crippen LogP contribution is -2.59. The van der Waals surface area contributed by atoms with Crippen LogP contribution in [0.1, 0.15) is 28.8 Å². The minimum atomic E-state index is -0.415. The van der Waals surface area contributed by atoms with Gasteiger partial charge in [-0.2, -0.15) is 0 Å². The number of piperazine rings is 1. The Morgan fingerprint density at radius 1 is 1.00 bits per heavy atom. The molecule has 5 heteroatoms. The monoisotopic (exact) mass is 377 g/mol. The minimum Gasteiger partial charge on any atom is -0.341 e. The topological polar surface area (TPSA) is 52.7 Å². The number of hydrogen-bond donors (Lipinski definition) is 1. The number of carbonyl (C=O) groups excluding carboxylic acids is 2. The van der Waals surface area contributed by atoms with Crippen LogP contribution in [0.15, 0.2) is 48.5 Å². The normalized spacial score (nSPS) is 19.7. The Balaban J connectivity index is 1.59. The predicted molar refractivity (Wildman–Crippen MR) is 110 cm³/mol. The highest BCUT2D eigenvalue weighted by molar-refractivity contribution is 5.98. The van der Waals surface area contributed by atoms with Gasteiger partial charge < -0.3 is 15.1 Å². The summed E-state index contributed by atoms with van der Waals surface area (Å²) in [7, 11) is 0. The molecule has 1 N–H and O–H groups in total. The predicted octanol–water partition coefficient (Wildman–Crippen LogP) is 2.70. The minimum absolute atomic E-state index is 0.0607. The summed E-state index contributed by atoms with van der Waals surface area (Å²) in [6.45, 7) is 5.48. The van der Waals surface area contributed by atoms with Crippen LogP contribution in [0.3, 0.4) is 0 Å². The largest absolute Gasteiger partial charge is 0.341 e. The Hall–Kier alpha value is -2.66. The number of likely N-dealkylation sites (tertiary alicyclic amines) is 1. The summed E-state index contributed by atoms with van der Waals surface area (Å²) < 4.78 is 0. The lowest BCUT2D eigenvalue weighted by Gasteiger charge is -2.37. The third kappa shape index (κ3) is 3.67. The van der Waals surface area contributed by atoms with E-state index < -0.39 is 6.04 Å². The molecule has 0 bridgehead atoms. The highest BCUT2D eigenvalue weighted by atomic mass is 16.2. The van der Waals surface area contributed by atoms with E-state index >= 15 is 0 Å². The van der Waals surface area contributed by atoms with Gasteiger partial charge in [-0.15, -0.1) is 0 Å². The SMILES string of the molecule is Cc1ccccc1-c1cccc(C(=O)N2CCNC[C@H]2C(=O)N2CCCC2)c1. The average molecular weight is 377 g/mol. The quantitative estimate of drug-likeness (QED) is 0.895. The first kappa shape index (κ1) is 18.7. The number of hydrogen-bond acceptors (Lipinski definition) is 3. The molecule has 1 atom stereocenters. The molecule has 2 aliphatic rings. The summed E-state index contributed by atoms with van der Waals surface area (Å²) >= 11 is 0. The number of rotatable bonds is 3. The van der Waals surface area contributed by atoms with Gasteiger partial charge in [0.1, 0.15) is 6.04 Å². The van der Waals surface area contributed by atoms with Crippen LogP contribution >= 0.6 is 0 Å². The molecule has 146 valence electrons. The van der Waals surface area contributed by atoms with E-state index in [-0.39, 0.29) is 11.8 Å². The Bertz CT molecular complexity index is 874. The molecule has 5 nitrogen and oxygen atoms in total. The van der Waals surface area contributed by atoms with Crippen LogP contribution in [0.4, 0.5) is 0 Å². The molecule has 2 aromatic carbocycles. The lowest BCUT2D eigenvalue weighted by molar-refractivity contribution is -0.135. The molecule has 0 radical (unpaired) electrons. The molecule has 0 aliphatic carbocycles. The van der Waals surface area contributed by atoms with Crippen LogP contribution in [0, 0.1) is 6.92 Å². The zero-order chi connectivity index (χ0) is 19.5. The first-order valence-electron chi connectivity index (χ1n) is 10.1. The second-order valence-electron chi connectivity index (χ2n) is 7.65. The van der Waals surface area contributed by atoms with Crippen LogP contribution in [0.5, 0.6) is 0 Å². The third-order valence-electron chi connectivity index (χ3n) is 5.77. The van der Waals surface area contributed by atoms with Gasteiger partial charge in [-0.25, -0.2) is 0 Å². The highest BCUT2D eigenvalue weighted by Gasteiger charge is 2.35. The molecule has 0 unspecified atom stereocenters. The number of benzene rings is 2. The van der Waals surface area contributed by atoms with E-state index in [1.165, 1.54) is 5.56 Å². The van der Waals surface area contributed by atoms with Crippen LogP contribution in [-0.4, -0.2) is 60.4 Å². The van der Waals surface area contributed by atoms with Crippen LogP contribution in [-0.2, 0) is 4.79 Å². The number of carbonyl (C=O) groups is 2. The van der Waals surface area contributed by atoms with Crippen LogP contribution < -0.4 is 5.32 Å². The van der Waals surface area contributed by atoms with Gasteiger partial charge in [-0.1, -0.05) is 36.4 Å². The number of nitrogens with one attached hydrogen (secondary N) is 1. The Morgan fingerprint density at radius 2 is 1.79 bits per heavy atom. The first-order chi connectivity index (χ1) is 13.6. The molecule has 0 spiro atoms. The van der Waals surface area contributed by atoms with Crippen molar-refractivity contribution >= 4 is 11.8 Å². The first-order valence-corrected chi connectivity index (χ1v) is 10.1. The van der Waals surface area contributed by atoms with E-state index in [0.29, 0.717) is 25.2 Å². The average Bonchev–Trinajstić information content (AvgIpc) is 3.28. The highest BCUT2D eigenvalue weighted by Crippen LogP contribution is 2.25.